The molecule has 0 radical (unpaired) electrons. The molecule has 0 saturated carbocycles. The number of benzene rings is 1. The second-order valence-corrected chi connectivity index (χ2v) is 12.0. The van der Waals surface area contributed by atoms with Gasteiger partial charge in [-0.15, -0.1) is 0 Å². The van der Waals surface area contributed by atoms with Crippen LogP contribution in [0, 0.1) is 6.92 Å². The highest BCUT2D eigenvalue weighted by Crippen LogP contribution is 2.41. The van der Waals surface area contributed by atoms with Gasteiger partial charge in [-0.3, -0.25) is 0 Å². The molecule has 1 N–H and O–H groups in total. The summed E-state index contributed by atoms with van der Waals surface area (Å²) >= 11 is 3.56. The fourth-order valence-corrected chi connectivity index (χ4v) is 2.99. The molecule has 0 amide bonds. The van der Waals surface area contributed by atoms with Gasteiger partial charge in [-0.2, -0.15) is 0 Å². The van der Waals surface area contributed by atoms with Crippen molar-refractivity contribution in [2.24, 2.45) is 0 Å². The summed E-state index contributed by atoms with van der Waals surface area (Å²) in [5, 5.41) is -0.143. The summed E-state index contributed by atoms with van der Waals surface area (Å²) in [6.07, 6.45) is 0.779. The molecule has 0 aliphatic heterocycles. The number of hydrogen-bond donors (Lipinski definition) is 1. The highest BCUT2D eigenvalue weighted by atomic mass is 79.9. The number of methoxy groups -OCH3 is 1. The zero-order chi connectivity index (χ0) is 17.1. The first kappa shape index (κ1) is 19.2. The van der Waals surface area contributed by atoms with E-state index < -0.39 is 14.3 Å². The van der Waals surface area contributed by atoms with E-state index >= 15 is 0 Å². The Morgan fingerprint density at radius 2 is 1.95 bits per heavy atom. The smallest absolute Gasteiger partial charge is 0.343 e. The van der Waals surface area contributed by atoms with Crippen molar-refractivity contribution in [3.63, 3.8) is 0 Å². The van der Waals surface area contributed by atoms with Gasteiger partial charge in [0.05, 0.1) is 7.11 Å². The Kier molecular flexibility index (Phi) is 6.24. The number of rotatable bonds is 6. The molecule has 0 atom stereocenters. The minimum absolute atomic E-state index is 0.106. The summed E-state index contributed by atoms with van der Waals surface area (Å²) in [5.74, 6) is 0.244. The van der Waals surface area contributed by atoms with Crippen LogP contribution in [0.5, 0.6) is 5.75 Å². The monoisotopic (exact) mass is 388 g/mol. The quantitative estimate of drug-likeness (QED) is 0.594. The topological polar surface area (TPSA) is 55.8 Å². The van der Waals surface area contributed by atoms with Crippen LogP contribution in [0.3, 0.4) is 0 Å². The Bertz CT molecular complexity index is 550. The molecular weight excluding hydrogens is 364 g/mol. The minimum Gasteiger partial charge on any atom is -0.482 e. The van der Waals surface area contributed by atoms with Crippen LogP contribution in [0.1, 0.15) is 25.0 Å². The summed E-state index contributed by atoms with van der Waals surface area (Å²) in [6.45, 7) is 9.96. The van der Waals surface area contributed by atoms with E-state index in [0.717, 1.165) is 22.0 Å². The molecule has 1 aromatic rings. The third-order valence-corrected chi connectivity index (χ3v) is 8.43. The van der Waals surface area contributed by atoms with Crippen LogP contribution in [-0.4, -0.2) is 32.8 Å². The zero-order valence-corrected chi connectivity index (χ0v) is 16.7. The molecule has 0 aliphatic carbocycles. The zero-order valence-electron chi connectivity index (χ0n) is 14.1. The van der Waals surface area contributed by atoms with Crippen molar-refractivity contribution in [3.05, 3.63) is 27.7 Å². The maximum absolute atomic E-state index is 11.2. The van der Waals surface area contributed by atoms with Crippen LogP contribution in [-0.2, 0) is 16.0 Å². The van der Waals surface area contributed by atoms with Crippen LogP contribution >= 0.6 is 15.9 Å². The van der Waals surface area contributed by atoms with E-state index in [0.29, 0.717) is 5.75 Å². The molecular formula is C16H25BrO4Si. The van der Waals surface area contributed by atoms with Crippen molar-refractivity contribution >= 4 is 30.2 Å². The SMILES string of the molecule is COC(=O)COc1cc(Br)c(CC(C)(C)[Si](C)(C)O)cc1C. The van der Waals surface area contributed by atoms with Crippen molar-refractivity contribution in [3.8, 4) is 5.75 Å². The van der Waals surface area contributed by atoms with Crippen LogP contribution in [0.25, 0.3) is 0 Å². The molecule has 6 heteroatoms. The summed E-state index contributed by atoms with van der Waals surface area (Å²) < 4.78 is 11.0. The highest BCUT2D eigenvalue weighted by molar-refractivity contribution is 9.10. The first-order chi connectivity index (χ1) is 9.98. The Hall–Kier alpha value is -0.853. The Morgan fingerprint density at radius 1 is 1.36 bits per heavy atom. The third kappa shape index (κ3) is 4.83. The largest absolute Gasteiger partial charge is 0.482 e. The number of carbonyl (C=O) groups excluding carboxylic acids is 1. The number of hydrogen-bond acceptors (Lipinski definition) is 4. The Morgan fingerprint density at radius 3 is 2.45 bits per heavy atom. The number of halogens is 1. The van der Waals surface area contributed by atoms with Crippen LogP contribution in [0.2, 0.25) is 18.1 Å². The first-order valence-electron chi connectivity index (χ1n) is 7.19. The van der Waals surface area contributed by atoms with E-state index in [-0.39, 0.29) is 11.6 Å². The van der Waals surface area contributed by atoms with E-state index in [1.54, 1.807) is 0 Å². The van der Waals surface area contributed by atoms with E-state index in [2.05, 4.69) is 34.5 Å². The van der Waals surface area contributed by atoms with Crippen LogP contribution < -0.4 is 4.74 Å². The molecule has 0 unspecified atom stereocenters. The van der Waals surface area contributed by atoms with Crippen molar-refractivity contribution in [1.82, 2.24) is 0 Å². The van der Waals surface area contributed by atoms with Crippen molar-refractivity contribution in [2.75, 3.05) is 13.7 Å². The van der Waals surface area contributed by atoms with Crippen LogP contribution in [0.4, 0.5) is 0 Å². The van der Waals surface area contributed by atoms with Crippen LogP contribution in [0.15, 0.2) is 16.6 Å². The van der Waals surface area contributed by atoms with Gasteiger partial charge in [0.1, 0.15) is 5.75 Å². The fraction of sp³-hybridized carbons (Fsp3) is 0.562. The predicted molar refractivity (Wildman–Crippen MR) is 93.8 cm³/mol. The van der Waals surface area contributed by atoms with Crippen molar-refractivity contribution < 1.29 is 19.1 Å². The number of aryl methyl sites for hydroxylation is 1. The highest BCUT2D eigenvalue weighted by Gasteiger charge is 2.38. The Labute approximate surface area is 142 Å². The average Bonchev–Trinajstić information content (AvgIpc) is 2.39. The predicted octanol–water partition coefficient (Wildman–Crippen LogP) is 3.83. The number of ether oxygens (including phenoxy) is 2. The third-order valence-electron chi connectivity index (χ3n) is 4.21. The summed E-state index contributed by atoms with van der Waals surface area (Å²) in [5.41, 5.74) is 2.08. The maximum Gasteiger partial charge on any atom is 0.343 e. The summed E-state index contributed by atoms with van der Waals surface area (Å²) in [7, 11) is -0.936. The maximum atomic E-state index is 11.2. The molecule has 1 aromatic carbocycles. The molecule has 4 nitrogen and oxygen atoms in total. The average molecular weight is 389 g/mol. The minimum atomic E-state index is -2.27. The lowest BCUT2D eigenvalue weighted by molar-refractivity contribution is -0.142. The van der Waals surface area contributed by atoms with Gasteiger partial charge in [-0.25, -0.2) is 4.79 Å². The lowest BCUT2D eigenvalue weighted by Crippen LogP contribution is -2.40. The van der Waals surface area contributed by atoms with E-state index in [9.17, 15) is 9.59 Å². The molecule has 0 bridgehead atoms. The van der Waals surface area contributed by atoms with Gasteiger partial charge in [-0.1, -0.05) is 35.8 Å². The van der Waals surface area contributed by atoms with Gasteiger partial charge in [-0.05, 0) is 48.7 Å². The molecule has 0 spiro atoms. The van der Waals surface area contributed by atoms with Gasteiger partial charge in [0.15, 0.2) is 14.9 Å². The van der Waals surface area contributed by atoms with Gasteiger partial charge >= 0.3 is 5.97 Å². The molecule has 0 saturated heterocycles. The fourth-order valence-electron chi connectivity index (χ4n) is 1.90. The van der Waals surface area contributed by atoms with Gasteiger partial charge in [0.2, 0.25) is 0 Å². The molecule has 1 rings (SSSR count). The lowest BCUT2D eigenvalue weighted by atomic mass is 10.00. The number of esters is 1. The molecule has 0 fully saturated rings. The summed E-state index contributed by atoms with van der Waals surface area (Å²) in [6, 6.07) is 3.91. The van der Waals surface area contributed by atoms with Crippen molar-refractivity contribution in [2.45, 2.75) is 45.3 Å². The van der Waals surface area contributed by atoms with Gasteiger partial charge in [0.25, 0.3) is 0 Å². The number of carbonyl (C=O) groups is 1. The molecule has 0 heterocycles. The van der Waals surface area contributed by atoms with E-state index in [1.165, 1.54) is 7.11 Å². The van der Waals surface area contributed by atoms with E-state index in [1.807, 2.05) is 32.2 Å². The molecule has 0 aliphatic rings. The van der Waals surface area contributed by atoms with Crippen molar-refractivity contribution in [1.29, 1.82) is 0 Å². The molecule has 22 heavy (non-hydrogen) atoms. The second kappa shape index (κ2) is 7.15. The summed E-state index contributed by atoms with van der Waals surface area (Å²) in [4.78, 5) is 21.6. The van der Waals surface area contributed by atoms with Gasteiger partial charge < -0.3 is 14.3 Å². The standard InChI is InChI=1S/C16H25BrO4Si/c1-11-7-12(9-16(2,3)22(5,6)19)13(17)8-14(11)21-10-15(18)20-4/h7-8,19H,9-10H2,1-6H3. The van der Waals surface area contributed by atoms with E-state index in [4.69, 9.17) is 4.74 Å². The first-order valence-corrected chi connectivity index (χ1v) is 10.9. The normalized spacial score (nSPS) is 12.2. The molecule has 124 valence electrons. The Balaban J connectivity index is 2.97. The second-order valence-electron chi connectivity index (χ2n) is 6.69. The molecule has 0 aromatic heterocycles. The lowest BCUT2D eigenvalue weighted by Gasteiger charge is -2.35. The van der Waals surface area contributed by atoms with Gasteiger partial charge in [0, 0.05) is 4.47 Å².